The van der Waals surface area contributed by atoms with Crippen molar-refractivity contribution in [2.24, 2.45) is 0 Å². The normalized spacial score (nSPS) is 19.1. The van der Waals surface area contributed by atoms with E-state index in [-0.39, 0.29) is 44.1 Å². The Kier molecular flexibility index (Phi) is 6.65. The highest BCUT2D eigenvalue weighted by molar-refractivity contribution is 5.92. The molecule has 3 N–H and O–H groups in total. The van der Waals surface area contributed by atoms with Gasteiger partial charge in [-0.2, -0.15) is 0 Å². The molecule has 0 spiro atoms. The van der Waals surface area contributed by atoms with Gasteiger partial charge in [0.15, 0.2) is 23.8 Å². The average molecular weight is 481 g/mol. The fraction of sp³-hybridized carbons (Fsp3) is 0.381. The molecule has 4 rings (SSSR count). The van der Waals surface area contributed by atoms with Crippen LogP contribution in [0, 0.1) is 11.6 Å². The zero-order valence-electron chi connectivity index (χ0n) is 17.7. The van der Waals surface area contributed by atoms with Crippen LogP contribution >= 0.6 is 0 Å². The quantitative estimate of drug-likeness (QED) is 0.528. The third-order valence-electron chi connectivity index (χ3n) is 5.47. The first-order chi connectivity index (χ1) is 16.3. The molecule has 0 bridgehead atoms. The average Bonchev–Trinajstić information content (AvgIpc) is 3.49. The van der Waals surface area contributed by atoms with Crippen molar-refractivity contribution in [1.29, 1.82) is 0 Å². The van der Waals surface area contributed by atoms with Crippen LogP contribution in [0.5, 0.6) is 11.6 Å². The van der Waals surface area contributed by atoms with Gasteiger partial charge in [-0.1, -0.05) is 6.08 Å². The van der Waals surface area contributed by atoms with Crippen LogP contribution in [0.1, 0.15) is 12.0 Å². The topological polar surface area (TPSA) is 146 Å². The zero-order chi connectivity index (χ0) is 24.4. The van der Waals surface area contributed by atoms with E-state index in [9.17, 15) is 24.2 Å². The van der Waals surface area contributed by atoms with E-state index in [4.69, 9.17) is 14.6 Å². The van der Waals surface area contributed by atoms with Crippen LogP contribution < -0.4 is 9.64 Å². The molecule has 0 aliphatic carbocycles. The van der Waals surface area contributed by atoms with Crippen LogP contribution in [0.25, 0.3) is 5.57 Å². The van der Waals surface area contributed by atoms with Crippen molar-refractivity contribution in [2.75, 3.05) is 37.7 Å². The summed E-state index contributed by atoms with van der Waals surface area (Å²) >= 11 is 0. The van der Waals surface area contributed by atoms with E-state index in [1.807, 2.05) is 0 Å². The van der Waals surface area contributed by atoms with Crippen LogP contribution in [-0.2, 0) is 9.53 Å². The summed E-state index contributed by atoms with van der Waals surface area (Å²) in [6.07, 6.45) is -0.533. The summed E-state index contributed by atoms with van der Waals surface area (Å²) in [5, 5.41) is 32.3. The van der Waals surface area contributed by atoms with Crippen molar-refractivity contribution in [1.82, 2.24) is 10.1 Å². The number of anilines is 1. The van der Waals surface area contributed by atoms with E-state index in [0.29, 0.717) is 0 Å². The summed E-state index contributed by atoms with van der Waals surface area (Å²) in [4.78, 5) is 26.3. The molecular formula is C21H21F2N3O8. The number of hydrogen-bond acceptors (Lipinski definition) is 9. The number of halogens is 2. The Balaban J connectivity index is 1.50. The van der Waals surface area contributed by atoms with Gasteiger partial charge < -0.3 is 34.2 Å². The summed E-state index contributed by atoms with van der Waals surface area (Å²) in [5.41, 5.74) is -0.663. The minimum absolute atomic E-state index is 0.0434. The molecule has 2 aliphatic rings. The number of ether oxygens (including phenoxy) is 2. The fourth-order valence-corrected chi connectivity index (χ4v) is 3.74. The highest BCUT2D eigenvalue weighted by Gasteiger charge is 2.37. The molecule has 1 saturated heterocycles. The number of cyclic esters (lactones) is 1. The molecule has 34 heavy (non-hydrogen) atoms. The Morgan fingerprint density at radius 1 is 1.38 bits per heavy atom. The Bertz CT molecular complexity index is 1110. The molecule has 182 valence electrons. The van der Waals surface area contributed by atoms with Crippen LogP contribution in [0.4, 0.5) is 19.3 Å². The van der Waals surface area contributed by atoms with Gasteiger partial charge in [0, 0.05) is 25.2 Å². The number of amides is 2. The molecule has 0 radical (unpaired) electrons. The standard InChI is InChI=1S/C21H21F2N3O8/c22-13-7-14(26-8-12(34-21(26)31)10-32-16-3-6-33-24-16)19(29)18(23)17(13)11-1-4-25(5-2-11)20(30)15(28)9-27/h1,3,6-7,12,15,27-29H,2,4-5,8-10H2/t12-,15+/m1/s1. The predicted molar refractivity (Wildman–Crippen MR) is 110 cm³/mol. The van der Waals surface area contributed by atoms with Gasteiger partial charge >= 0.3 is 6.09 Å². The van der Waals surface area contributed by atoms with Crippen LogP contribution in [-0.4, -0.2) is 82.4 Å². The second kappa shape index (κ2) is 9.65. The highest BCUT2D eigenvalue weighted by atomic mass is 19.1. The number of benzene rings is 1. The molecule has 11 nitrogen and oxygen atoms in total. The summed E-state index contributed by atoms with van der Waals surface area (Å²) in [6.45, 7) is -0.954. The lowest BCUT2D eigenvalue weighted by Gasteiger charge is -2.28. The third kappa shape index (κ3) is 4.52. The van der Waals surface area contributed by atoms with Crippen molar-refractivity contribution in [3.05, 3.63) is 41.7 Å². The summed E-state index contributed by atoms with van der Waals surface area (Å²) in [6, 6.07) is 2.29. The number of carbonyl (C=O) groups excluding carboxylic acids is 2. The smallest absolute Gasteiger partial charge is 0.415 e. The van der Waals surface area contributed by atoms with Crippen LogP contribution in [0.3, 0.4) is 0 Å². The monoisotopic (exact) mass is 481 g/mol. The van der Waals surface area contributed by atoms with Gasteiger partial charge in [0.1, 0.15) is 18.7 Å². The van der Waals surface area contributed by atoms with Gasteiger partial charge in [0.05, 0.1) is 24.4 Å². The number of aliphatic hydroxyl groups excluding tert-OH is 2. The van der Waals surface area contributed by atoms with Gasteiger partial charge in [-0.15, -0.1) is 0 Å². The van der Waals surface area contributed by atoms with Crippen LogP contribution in [0.2, 0.25) is 0 Å². The van der Waals surface area contributed by atoms with Gasteiger partial charge in [-0.25, -0.2) is 13.6 Å². The lowest BCUT2D eigenvalue weighted by Crippen LogP contribution is -2.42. The number of rotatable bonds is 7. The van der Waals surface area contributed by atoms with E-state index in [1.54, 1.807) is 0 Å². The number of phenols is 1. The molecule has 13 heteroatoms. The van der Waals surface area contributed by atoms with E-state index in [1.165, 1.54) is 23.3 Å². The van der Waals surface area contributed by atoms with Crippen molar-refractivity contribution in [3.63, 3.8) is 0 Å². The maximum absolute atomic E-state index is 15.1. The molecule has 1 fully saturated rings. The molecule has 1 aromatic heterocycles. The molecule has 3 heterocycles. The molecule has 0 saturated carbocycles. The molecule has 2 aromatic rings. The molecule has 0 unspecified atom stereocenters. The predicted octanol–water partition coefficient (Wildman–Crippen LogP) is 1.03. The maximum Gasteiger partial charge on any atom is 0.415 e. The molecule has 2 amide bonds. The Morgan fingerprint density at radius 3 is 2.82 bits per heavy atom. The van der Waals surface area contributed by atoms with Crippen molar-refractivity contribution in [3.8, 4) is 11.6 Å². The van der Waals surface area contributed by atoms with Gasteiger partial charge in [-0.3, -0.25) is 9.69 Å². The number of hydrogen-bond donors (Lipinski definition) is 3. The first-order valence-electron chi connectivity index (χ1n) is 10.3. The van der Waals surface area contributed by atoms with E-state index in [2.05, 4.69) is 9.68 Å². The Labute approximate surface area is 191 Å². The highest BCUT2D eigenvalue weighted by Crippen LogP contribution is 2.39. The fourth-order valence-electron chi connectivity index (χ4n) is 3.74. The number of aromatic hydroxyl groups is 1. The Hall–Kier alpha value is -3.71. The number of aromatic nitrogens is 1. The van der Waals surface area contributed by atoms with Gasteiger partial charge in [0.2, 0.25) is 0 Å². The van der Waals surface area contributed by atoms with Gasteiger partial charge in [-0.05, 0) is 17.2 Å². The number of phenolic OH excluding ortho intramolecular Hbond substituents is 1. The van der Waals surface area contributed by atoms with E-state index < -0.39 is 59.5 Å². The summed E-state index contributed by atoms with van der Waals surface area (Å²) in [5.74, 6) is -3.73. The largest absolute Gasteiger partial charge is 0.503 e. The SMILES string of the molecule is O=C([C@@H](O)CO)N1CC=C(c2c(F)cc(N3C[C@H](COc4ccon4)OC3=O)c(O)c2F)CC1. The molecule has 1 aromatic carbocycles. The maximum atomic E-state index is 15.1. The first-order valence-corrected chi connectivity index (χ1v) is 10.3. The number of carbonyl (C=O) groups is 2. The van der Waals surface area contributed by atoms with Crippen molar-refractivity contribution in [2.45, 2.75) is 18.6 Å². The van der Waals surface area contributed by atoms with Gasteiger partial charge in [0.25, 0.3) is 11.8 Å². The third-order valence-corrected chi connectivity index (χ3v) is 5.47. The summed E-state index contributed by atoms with van der Waals surface area (Å²) < 4.78 is 45.1. The lowest BCUT2D eigenvalue weighted by molar-refractivity contribution is -0.141. The van der Waals surface area contributed by atoms with E-state index in [0.717, 1.165) is 11.0 Å². The second-order valence-corrected chi connectivity index (χ2v) is 7.64. The zero-order valence-corrected chi connectivity index (χ0v) is 17.7. The van der Waals surface area contributed by atoms with Crippen molar-refractivity contribution < 1.29 is 47.7 Å². The number of aliphatic hydroxyl groups is 2. The Morgan fingerprint density at radius 2 is 2.18 bits per heavy atom. The molecular weight excluding hydrogens is 460 g/mol. The molecule has 2 aliphatic heterocycles. The van der Waals surface area contributed by atoms with Crippen molar-refractivity contribution >= 4 is 23.3 Å². The van der Waals surface area contributed by atoms with E-state index >= 15 is 4.39 Å². The summed E-state index contributed by atoms with van der Waals surface area (Å²) in [7, 11) is 0. The second-order valence-electron chi connectivity index (χ2n) is 7.64. The molecule has 2 atom stereocenters. The first kappa shape index (κ1) is 23.4. The van der Waals surface area contributed by atoms with Crippen LogP contribution in [0.15, 0.2) is 29.0 Å². The number of nitrogens with zero attached hydrogens (tertiary/aromatic N) is 3. The minimum Gasteiger partial charge on any atom is -0.503 e. The minimum atomic E-state index is -1.57. The lowest BCUT2D eigenvalue weighted by atomic mass is 9.97.